The molecule has 6 nitrogen and oxygen atoms in total. The highest BCUT2D eigenvalue weighted by molar-refractivity contribution is 5.93. The van der Waals surface area contributed by atoms with Crippen LogP contribution in [0.2, 0.25) is 0 Å². The van der Waals surface area contributed by atoms with Gasteiger partial charge in [0.05, 0.1) is 13.2 Å². The zero-order chi connectivity index (χ0) is 18.0. The van der Waals surface area contributed by atoms with Gasteiger partial charge >= 0.3 is 0 Å². The van der Waals surface area contributed by atoms with Crippen molar-refractivity contribution in [1.29, 1.82) is 0 Å². The van der Waals surface area contributed by atoms with E-state index in [4.69, 9.17) is 14.0 Å². The third-order valence-corrected chi connectivity index (χ3v) is 5.24. The highest BCUT2D eigenvalue weighted by Gasteiger charge is 2.46. The Hall–Kier alpha value is -2.34. The molecule has 0 bridgehead atoms. The summed E-state index contributed by atoms with van der Waals surface area (Å²) in [5.41, 5.74) is 0.766. The van der Waals surface area contributed by atoms with Gasteiger partial charge in [0, 0.05) is 18.2 Å². The van der Waals surface area contributed by atoms with E-state index in [9.17, 15) is 4.79 Å². The van der Waals surface area contributed by atoms with Crippen molar-refractivity contribution in [2.75, 3.05) is 19.8 Å². The largest absolute Gasteiger partial charge is 0.494 e. The van der Waals surface area contributed by atoms with Crippen molar-refractivity contribution in [3.63, 3.8) is 0 Å². The molecule has 1 aliphatic carbocycles. The van der Waals surface area contributed by atoms with Crippen LogP contribution in [-0.2, 0) is 4.74 Å². The second-order valence-electron chi connectivity index (χ2n) is 6.85. The standard InChI is InChI=1S/C20H24N2O4/c1-2-24-16-8-6-15(7-9-16)18-14-17(21-26-18)19(23)22-12-13-25-20(22)10-4-3-5-11-20/h6-9,14H,2-5,10-13H2,1H3. The van der Waals surface area contributed by atoms with Gasteiger partial charge in [-0.25, -0.2) is 0 Å². The predicted octanol–water partition coefficient (Wildman–Crippen LogP) is 3.87. The molecule has 1 saturated heterocycles. The lowest BCUT2D eigenvalue weighted by molar-refractivity contribution is -0.0921. The van der Waals surface area contributed by atoms with Crippen LogP contribution >= 0.6 is 0 Å². The van der Waals surface area contributed by atoms with Crippen LogP contribution in [0.15, 0.2) is 34.9 Å². The highest BCUT2D eigenvalue weighted by Crippen LogP contribution is 2.38. The Labute approximate surface area is 153 Å². The minimum Gasteiger partial charge on any atom is -0.494 e. The number of aromatic nitrogens is 1. The van der Waals surface area contributed by atoms with Crippen LogP contribution in [0.25, 0.3) is 11.3 Å². The van der Waals surface area contributed by atoms with Crippen molar-refractivity contribution in [3.05, 3.63) is 36.0 Å². The molecule has 0 atom stereocenters. The van der Waals surface area contributed by atoms with E-state index in [1.165, 1.54) is 6.42 Å². The summed E-state index contributed by atoms with van der Waals surface area (Å²) < 4.78 is 16.9. The normalized spacial score (nSPS) is 19.0. The van der Waals surface area contributed by atoms with Crippen LogP contribution < -0.4 is 4.74 Å². The van der Waals surface area contributed by atoms with E-state index in [1.54, 1.807) is 6.07 Å². The first kappa shape index (κ1) is 17.1. The van der Waals surface area contributed by atoms with Gasteiger partial charge in [-0.3, -0.25) is 4.79 Å². The van der Waals surface area contributed by atoms with Crippen molar-refractivity contribution in [2.45, 2.75) is 44.8 Å². The molecule has 0 N–H and O–H groups in total. The Kier molecular flexibility index (Phi) is 4.68. The molecule has 1 aromatic heterocycles. The number of rotatable bonds is 4. The van der Waals surface area contributed by atoms with Crippen LogP contribution in [-0.4, -0.2) is 41.4 Å². The molecule has 1 aromatic carbocycles. The number of carbonyl (C=O) groups is 1. The molecule has 1 aliphatic heterocycles. The molecule has 4 rings (SSSR count). The van der Waals surface area contributed by atoms with Gasteiger partial charge in [0.25, 0.3) is 5.91 Å². The van der Waals surface area contributed by atoms with Crippen LogP contribution in [0.5, 0.6) is 5.75 Å². The van der Waals surface area contributed by atoms with Crippen molar-refractivity contribution in [2.24, 2.45) is 0 Å². The molecule has 1 amide bonds. The molecule has 0 unspecified atom stereocenters. The fraction of sp³-hybridized carbons (Fsp3) is 0.500. The summed E-state index contributed by atoms with van der Waals surface area (Å²) in [5.74, 6) is 1.28. The van der Waals surface area contributed by atoms with E-state index in [-0.39, 0.29) is 5.91 Å². The van der Waals surface area contributed by atoms with Gasteiger partial charge in [0.1, 0.15) is 11.5 Å². The summed E-state index contributed by atoms with van der Waals surface area (Å²) in [5, 5.41) is 4.02. The zero-order valence-electron chi connectivity index (χ0n) is 15.1. The number of carbonyl (C=O) groups excluding carboxylic acids is 1. The molecule has 2 heterocycles. The van der Waals surface area contributed by atoms with Crippen LogP contribution in [0.1, 0.15) is 49.5 Å². The lowest BCUT2D eigenvalue weighted by Gasteiger charge is -2.39. The molecular formula is C20H24N2O4. The van der Waals surface area contributed by atoms with Crippen molar-refractivity contribution in [3.8, 4) is 17.1 Å². The van der Waals surface area contributed by atoms with Crippen molar-refractivity contribution >= 4 is 5.91 Å². The molecule has 6 heteroatoms. The fourth-order valence-electron chi connectivity index (χ4n) is 3.95. The molecule has 2 aromatic rings. The number of benzene rings is 1. The maximum atomic E-state index is 13.0. The highest BCUT2D eigenvalue weighted by atomic mass is 16.5. The maximum Gasteiger partial charge on any atom is 0.278 e. The smallest absolute Gasteiger partial charge is 0.278 e. The van der Waals surface area contributed by atoms with E-state index in [2.05, 4.69) is 5.16 Å². The van der Waals surface area contributed by atoms with Crippen molar-refractivity contribution in [1.82, 2.24) is 10.1 Å². The third-order valence-electron chi connectivity index (χ3n) is 5.24. The van der Waals surface area contributed by atoms with Gasteiger partial charge < -0.3 is 18.9 Å². The van der Waals surface area contributed by atoms with Gasteiger partial charge in [0.2, 0.25) is 0 Å². The summed E-state index contributed by atoms with van der Waals surface area (Å²) in [6.07, 6.45) is 5.21. The number of hydrogen-bond donors (Lipinski definition) is 0. The van der Waals surface area contributed by atoms with E-state index in [1.807, 2.05) is 36.1 Å². The topological polar surface area (TPSA) is 64.8 Å². The van der Waals surface area contributed by atoms with E-state index >= 15 is 0 Å². The Morgan fingerprint density at radius 2 is 2.00 bits per heavy atom. The Morgan fingerprint density at radius 3 is 2.73 bits per heavy atom. The maximum absolute atomic E-state index is 13.0. The van der Waals surface area contributed by atoms with Crippen LogP contribution in [0.3, 0.4) is 0 Å². The second kappa shape index (κ2) is 7.11. The average Bonchev–Trinajstić information content (AvgIpc) is 3.31. The van der Waals surface area contributed by atoms with Crippen LogP contribution in [0.4, 0.5) is 0 Å². The first-order chi connectivity index (χ1) is 12.7. The SMILES string of the molecule is CCOc1ccc(-c2cc(C(=O)N3CCOC34CCCCC4)no2)cc1. The van der Waals surface area contributed by atoms with Gasteiger partial charge in [-0.2, -0.15) is 0 Å². The molecular weight excluding hydrogens is 332 g/mol. The lowest BCUT2D eigenvalue weighted by Crippen LogP contribution is -2.49. The molecule has 2 fully saturated rings. The molecule has 2 aliphatic rings. The number of amides is 1. The summed E-state index contributed by atoms with van der Waals surface area (Å²) in [4.78, 5) is 14.9. The Bertz CT molecular complexity index is 762. The molecule has 26 heavy (non-hydrogen) atoms. The minimum absolute atomic E-state index is 0.106. The van der Waals surface area contributed by atoms with Gasteiger partial charge in [-0.15, -0.1) is 0 Å². The molecule has 0 radical (unpaired) electrons. The fourth-order valence-corrected chi connectivity index (χ4v) is 3.95. The van der Waals surface area contributed by atoms with Crippen molar-refractivity contribution < 1.29 is 18.8 Å². The summed E-state index contributed by atoms with van der Waals surface area (Å²) in [6.45, 7) is 3.78. The Morgan fingerprint density at radius 1 is 1.23 bits per heavy atom. The van der Waals surface area contributed by atoms with Gasteiger partial charge in [0.15, 0.2) is 11.5 Å². The third kappa shape index (κ3) is 3.09. The molecule has 1 spiro atoms. The first-order valence-corrected chi connectivity index (χ1v) is 9.38. The lowest BCUT2D eigenvalue weighted by atomic mass is 9.90. The summed E-state index contributed by atoms with van der Waals surface area (Å²) in [6, 6.07) is 9.29. The zero-order valence-corrected chi connectivity index (χ0v) is 15.1. The number of ether oxygens (including phenoxy) is 2. The van der Waals surface area contributed by atoms with Gasteiger partial charge in [-0.05, 0) is 56.9 Å². The monoisotopic (exact) mass is 356 g/mol. The van der Waals surface area contributed by atoms with Gasteiger partial charge in [-0.1, -0.05) is 11.6 Å². The summed E-state index contributed by atoms with van der Waals surface area (Å²) >= 11 is 0. The predicted molar refractivity (Wildman–Crippen MR) is 95.9 cm³/mol. The number of nitrogens with zero attached hydrogens (tertiary/aromatic N) is 2. The first-order valence-electron chi connectivity index (χ1n) is 9.38. The average molecular weight is 356 g/mol. The number of hydrogen-bond acceptors (Lipinski definition) is 5. The molecule has 138 valence electrons. The van der Waals surface area contributed by atoms with E-state index in [0.29, 0.717) is 31.2 Å². The quantitative estimate of drug-likeness (QED) is 0.832. The minimum atomic E-state index is -0.437. The second-order valence-corrected chi connectivity index (χ2v) is 6.85. The summed E-state index contributed by atoms with van der Waals surface area (Å²) in [7, 11) is 0. The Balaban J connectivity index is 1.52. The van der Waals surface area contributed by atoms with Crippen LogP contribution in [0, 0.1) is 0 Å². The van der Waals surface area contributed by atoms with E-state index in [0.717, 1.165) is 37.0 Å². The van der Waals surface area contributed by atoms with E-state index < -0.39 is 5.72 Å². The molecule has 1 saturated carbocycles.